The lowest BCUT2D eigenvalue weighted by atomic mass is 10.2. The number of nitrogens with zero attached hydrogens (tertiary/aromatic N) is 3. The number of nitrogens with one attached hydrogen (secondary N) is 2. The molecule has 35 heavy (non-hydrogen) atoms. The average molecular weight is 492 g/mol. The van der Waals surface area contributed by atoms with E-state index < -0.39 is 16.8 Å². The molecule has 0 bridgehead atoms. The van der Waals surface area contributed by atoms with E-state index in [-0.39, 0.29) is 18.9 Å². The van der Waals surface area contributed by atoms with Crippen LogP contribution in [-0.4, -0.2) is 48.4 Å². The topological polar surface area (TPSA) is 147 Å². The number of aliphatic carboxylic acids is 1. The zero-order valence-corrected chi connectivity index (χ0v) is 19.2. The molecule has 3 aromatic carbocycles. The normalized spacial score (nSPS) is 11.5. The van der Waals surface area contributed by atoms with Crippen LogP contribution in [0.25, 0.3) is 11.4 Å². The Hall–Kier alpha value is -4.38. The lowest BCUT2D eigenvalue weighted by molar-refractivity contribution is -0.137. The fourth-order valence-electron chi connectivity index (χ4n) is 3.25. The van der Waals surface area contributed by atoms with E-state index in [9.17, 15) is 13.8 Å². The van der Waals surface area contributed by atoms with Gasteiger partial charge in [0.1, 0.15) is 5.75 Å². The molecule has 0 radical (unpaired) electrons. The molecule has 11 heteroatoms. The van der Waals surface area contributed by atoms with Crippen LogP contribution in [0.2, 0.25) is 0 Å². The van der Waals surface area contributed by atoms with Gasteiger partial charge < -0.3 is 15.2 Å². The molecule has 1 aromatic heterocycles. The fraction of sp³-hybridized carbons (Fsp3) is 0.125. The molecule has 4 aromatic rings. The Morgan fingerprint density at radius 3 is 2.40 bits per heavy atom. The second kappa shape index (κ2) is 11.2. The Morgan fingerprint density at radius 1 is 0.971 bits per heavy atom. The van der Waals surface area contributed by atoms with Crippen LogP contribution >= 0.6 is 0 Å². The van der Waals surface area contributed by atoms with Crippen molar-refractivity contribution in [2.45, 2.75) is 22.6 Å². The standard InChI is InChI=1S/C24H21N5O5S/c30-22(31)10-5-15-34-17-13-11-16(12-14-17)24(32)25-19-7-2-4-9-21(19)35(33)20-8-3-1-6-18(20)23-26-28-29-27-23/h1-4,6-9,11-14H,5,10,15H2,(H,25,32)(H,30,31)(H,26,27,28,29). The van der Waals surface area contributed by atoms with Crippen LogP contribution in [0.15, 0.2) is 82.6 Å². The summed E-state index contributed by atoms with van der Waals surface area (Å²) in [5.41, 5.74) is 1.36. The van der Waals surface area contributed by atoms with Crippen molar-refractivity contribution in [1.29, 1.82) is 0 Å². The molecule has 1 unspecified atom stereocenters. The lowest BCUT2D eigenvalue weighted by Gasteiger charge is -2.13. The predicted octanol–water partition coefficient (Wildman–Crippen LogP) is 3.53. The molecule has 0 aliphatic rings. The summed E-state index contributed by atoms with van der Waals surface area (Å²) in [6.45, 7) is 0.266. The highest BCUT2D eigenvalue weighted by Gasteiger charge is 2.19. The molecule has 1 atom stereocenters. The average Bonchev–Trinajstić information content (AvgIpc) is 3.42. The molecule has 0 saturated heterocycles. The summed E-state index contributed by atoms with van der Waals surface area (Å²) >= 11 is 0. The van der Waals surface area contributed by atoms with Gasteiger partial charge in [0.05, 0.1) is 32.9 Å². The van der Waals surface area contributed by atoms with E-state index in [1.807, 2.05) is 0 Å². The first-order valence-electron chi connectivity index (χ1n) is 10.6. The number of hydrogen-bond donors (Lipinski definition) is 3. The van der Waals surface area contributed by atoms with Crippen LogP contribution in [-0.2, 0) is 15.6 Å². The Kier molecular flexibility index (Phi) is 7.58. The second-order valence-corrected chi connectivity index (χ2v) is 8.74. The highest BCUT2D eigenvalue weighted by molar-refractivity contribution is 7.85. The maximum Gasteiger partial charge on any atom is 0.303 e. The first-order valence-corrected chi connectivity index (χ1v) is 11.8. The second-order valence-electron chi connectivity index (χ2n) is 7.32. The molecule has 10 nitrogen and oxygen atoms in total. The fourth-order valence-corrected chi connectivity index (χ4v) is 4.57. The van der Waals surface area contributed by atoms with Gasteiger partial charge in [-0.15, -0.1) is 10.2 Å². The van der Waals surface area contributed by atoms with Crippen LogP contribution in [0.4, 0.5) is 5.69 Å². The van der Waals surface area contributed by atoms with Gasteiger partial charge in [-0.05, 0) is 60.2 Å². The number of para-hydroxylation sites is 1. The molecule has 1 heterocycles. The monoisotopic (exact) mass is 491 g/mol. The number of H-pyrrole nitrogens is 1. The third-order valence-electron chi connectivity index (χ3n) is 4.93. The molecule has 0 spiro atoms. The Morgan fingerprint density at radius 2 is 1.69 bits per heavy atom. The number of anilines is 1. The largest absolute Gasteiger partial charge is 0.494 e. The van der Waals surface area contributed by atoms with Crippen molar-refractivity contribution in [3.05, 3.63) is 78.4 Å². The molecule has 0 saturated carbocycles. The van der Waals surface area contributed by atoms with Crippen molar-refractivity contribution in [3.63, 3.8) is 0 Å². The van der Waals surface area contributed by atoms with Crippen molar-refractivity contribution in [1.82, 2.24) is 20.6 Å². The van der Waals surface area contributed by atoms with Gasteiger partial charge in [-0.1, -0.05) is 24.3 Å². The van der Waals surface area contributed by atoms with E-state index in [0.29, 0.717) is 44.6 Å². The highest BCUT2D eigenvalue weighted by atomic mass is 32.2. The van der Waals surface area contributed by atoms with Crippen molar-refractivity contribution in [3.8, 4) is 17.1 Å². The molecule has 178 valence electrons. The maximum absolute atomic E-state index is 13.5. The number of aromatic amines is 1. The molecule has 4 rings (SSSR count). The summed E-state index contributed by atoms with van der Waals surface area (Å²) < 4.78 is 19.0. The van der Waals surface area contributed by atoms with Gasteiger partial charge in [-0.25, -0.2) is 4.21 Å². The molecular formula is C24H21N5O5S. The molecule has 1 amide bonds. The molecule has 0 aliphatic heterocycles. The van der Waals surface area contributed by atoms with Crippen molar-refractivity contribution in [2.75, 3.05) is 11.9 Å². The first-order chi connectivity index (χ1) is 17.0. The van der Waals surface area contributed by atoms with E-state index in [0.717, 1.165) is 0 Å². The van der Waals surface area contributed by atoms with Gasteiger partial charge in [0.25, 0.3) is 5.91 Å². The number of amides is 1. The minimum absolute atomic E-state index is 0.0286. The molecule has 3 N–H and O–H groups in total. The number of benzene rings is 3. The summed E-state index contributed by atoms with van der Waals surface area (Å²) in [6, 6.07) is 20.4. The summed E-state index contributed by atoms with van der Waals surface area (Å²) in [5, 5.41) is 25.4. The first kappa shape index (κ1) is 23.8. The minimum Gasteiger partial charge on any atom is -0.494 e. The van der Waals surface area contributed by atoms with Gasteiger partial charge in [-0.2, -0.15) is 5.21 Å². The quantitative estimate of drug-likeness (QED) is 0.286. The zero-order valence-electron chi connectivity index (χ0n) is 18.4. The number of aromatic nitrogens is 4. The van der Waals surface area contributed by atoms with Gasteiger partial charge in [0, 0.05) is 17.5 Å². The number of hydrogen-bond acceptors (Lipinski definition) is 7. The summed E-state index contributed by atoms with van der Waals surface area (Å²) in [6.07, 6.45) is 0.419. The van der Waals surface area contributed by atoms with Crippen molar-refractivity contribution in [2.24, 2.45) is 0 Å². The molecule has 0 fully saturated rings. The third-order valence-corrected chi connectivity index (χ3v) is 6.44. The maximum atomic E-state index is 13.5. The highest BCUT2D eigenvalue weighted by Crippen LogP contribution is 2.30. The van der Waals surface area contributed by atoms with Gasteiger partial charge in [0.2, 0.25) is 5.82 Å². The van der Waals surface area contributed by atoms with E-state index in [4.69, 9.17) is 9.84 Å². The van der Waals surface area contributed by atoms with Crippen LogP contribution < -0.4 is 10.1 Å². The number of rotatable bonds is 10. The van der Waals surface area contributed by atoms with E-state index in [1.54, 1.807) is 72.8 Å². The summed E-state index contributed by atoms with van der Waals surface area (Å²) in [5.74, 6) is -0.397. The van der Waals surface area contributed by atoms with Crippen LogP contribution in [0.3, 0.4) is 0 Å². The predicted molar refractivity (Wildman–Crippen MR) is 127 cm³/mol. The summed E-state index contributed by atoms with van der Waals surface area (Å²) in [7, 11) is -1.64. The lowest BCUT2D eigenvalue weighted by Crippen LogP contribution is -2.14. The van der Waals surface area contributed by atoms with Crippen LogP contribution in [0, 0.1) is 0 Å². The van der Waals surface area contributed by atoms with Crippen molar-refractivity contribution < 1.29 is 23.6 Å². The van der Waals surface area contributed by atoms with Gasteiger partial charge in [0.15, 0.2) is 0 Å². The Balaban J connectivity index is 1.49. The van der Waals surface area contributed by atoms with Gasteiger partial charge >= 0.3 is 5.97 Å². The molecule has 0 aliphatic carbocycles. The number of ether oxygens (including phenoxy) is 1. The summed E-state index contributed by atoms with van der Waals surface area (Å²) in [4.78, 5) is 24.4. The van der Waals surface area contributed by atoms with Crippen molar-refractivity contribution >= 4 is 28.4 Å². The van der Waals surface area contributed by atoms with Gasteiger partial charge in [-0.3, -0.25) is 9.59 Å². The zero-order chi connectivity index (χ0) is 24.6. The number of carboxylic acids is 1. The Bertz CT molecular complexity index is 1340. The van der Waals surface area contributed by atoms with Crippen LogP contribution in [0.5, 0.6) is 5.75 Å². The number of carbonyl (C=O) groups is 2. The van der Waals surface area contributed by atoms with E-state index in [1.165, 1.54) is 0 Å². The third kappa shape index (κ3) is 5.95. The SMILES string of the molecule is O=C(O)CCCOc1ccc(C(=O)Nc2ccccc2S(=O)c2ccccc2-c2nn[nH]n2)cc1. The number of carbonyl (C=O) groups excluding carboxylic acids is 1. The number of tetrazole rings is 1. The Labute approximate surface area is 202 Å². The smallest absolute Gasteiger partial charge is 0.303 e. The minimum atomic E-state index is -1.64. The van der Waals surface area contributed by atoms with Crippen LogP contribution in [0.1, 0.15) is 23.2 Å². The number of carboxylic acid groups (broad SMARTS) is 1. The molecular weight excluding hydrogens is 470 g/mol. The van der Waals surface area contributed by atoms with E-state index >= 15 is 0 Å². The van der Waals surface area contributed by atoms with E-state index in [2.05, 4.69) is 25.9 Å².